The number of nitrogens with zero attached hydrogens (tertiary/aromatic N) is 1. The number of anilines is 1. The minimum atomic E-state index is -4.50. The molecule has 1 aromatic carbocycles. The van der Waals surface area contributed by atoms with Crippen molar-refractivity contribution in [2.75, 3.05) is 11.7 Å². The second kappa shape index (κ2) is 4.71. The summed E-state index contributed by atoms with van der Waals surface area (Å²) in [6.45, 7) is -1.50. The van der Waals surface area contributed by atoms with Crippen molar-refractivity contribution in [2.24, 2.45) is 5.73 Å². The number of para-hydroxylation sites is 1. The molecule has 1 atom stereocenters. The minimum Gasteiger partial charge on any atom is -0.482 e. The first-order valence-corrected chi connectivity index (χ1v) is 5.39. The van der Waals surface area contributed by atoms with Crippen molar-refractivity contribution in [1.29, 1.82) is 0 Å². The van der Waals surface area contributed by atoms with Gasteiger partial charge in [-0.2, -0.15) is 18.2 Å². The van der Waals surface area contributed by atoms with Gasteiger partial charge >= 0.3 is 6.18 Å². The molecule has 8 heteroatoms. The van der Waals surface area contributed by atoms with Gasteiger partial charge in [0.1, 0.15) is 11.4 Å². The Balaban J connectivity index is 2.32. The van der Waals surface area contributed by atoms with Crippen molar-refractivity contribution in [3.05, 3.63) is 23.8 Å². The van der Waals surface area contributed by atoms with Gasteiger partial charge in [-0.3, -0.25) is 10.0 Å². The largest absolute Gasteiger partial charge is 0.482 e. The van der Waals surface area contributed by atoms with Crippen LogP contribution < -0.4 is 15.5 Å². The van der Waals surface area contributed by atoms with E-state index < -0.39 is 24.7 Å². The van der Waals surface area contributed by atoms with Gasteiger partial charge in [-0.05, 0) is 18.1 Å². The van der Waals surface area contributed by atoms with E-state index in [2.05, 4.69) is 4.74 Å². The van der Waals surface area contributed by atoms with Crippen LogP contribution in [0, 0.1) is 0 Å². The van der Waals surface area contributed by atoms with Crippen LogP contribution in [0.4, 0.5) is 18.9 Å². The molecule has 1 amide bonds. The minimum absolute atomic E-state index is 0.0848. The molecule has 0 bridgehead atoms. The summed E-state index contributed by atoms with van der Waals surface area (Å²) in [6, 6.07) is 3.36. The SMILES string of the molecule is N[C@H]1Cc2cccc(OCC(F)(F)F)c2N(O)C1=O. The smallest absolute Gasteiger partial charge is 0.422 e. The average Bonchev–Trinajstić information content (AvgIpc) is 2.32. The van der Waals surface area contributed by atoms with E-state index in [0.717, 1.165) is 0 Å². The van der Waals surface area contributed by atoms with Gasteiger partial charge in [0.2, 0.25) is 0 Å². The quantitative estimate of drug-likeness (QED) is 0.797. The lowest BCUT2D eigenvalue weighted by molar-refractivity contribution is -0.153. The zero-order chi connectivity index (χ0) is 14.2. The molecule has 1 aliphatic heterocycles. The van der Waals surface area contributed by atoms with E-state index in [9.17, 15) is 23.2 Å². The molecule has 5 nitrogen and oxygen atoms in total. The van der Waals surface area contributed by atoms with Crippen molar-refractivity contribution >= 4 is 11.6 Å². The summed E-state index contributed by atoms with van der Waals surface area (Å²) in [5, 5.41) is 9.90. The lowest BCUT2D eigenvalue weighted by Crippen LogP contribution is -2.47. The Bertz CT molecular complexity index is 504. The van der Waals surface area contributed by atoms with E-state index in [-0.39, 0.29) is 22.9 Å². The molecule has 0 aromatic heterocycles. The fraction of sp³-hybridized carbons (Fsp3) is 0.364. The van der Waals surface area contributed by atoms with Crippen LogP contribution in [0.25, 0.3) is 0 Å². The molecule has 2 rings (SSSR count). The molecule has 0 saturated heterocycles. The number of halogens is 3. The van der Waals surface area contributed by atoms with Crippen LogP contribution in [0.1, 0.15) is 5.56 Å². The topological polar surface area (TPSA) is 75.8 Å². The highest BCUT2D eigenvalue weighted by atomic mass is 19.4. The standard InChI is InChI=1S/C11H11F3N2O3/c12-11(13,14)5-19-8-3-1-2-6-4-7(15)10(17)16(18)9(6)8/h1-3,7,18H,4-5,15H2/t7-/m0/s1. The van der Waals surface area contributed by atoms with Crippen LogP contribution in [-0.2, 0) is 11.2 Å². The molecule has 1 aromatic rings. The summed E-state index contributed by atoms with van der Waals surface area (Å²) in [5.41, 5.74) is 5.87. The van der Waals surface area contributed by atoms with Crippen LogP contribution in [-0.4, -0.2) is 29.9 Å². The van der Waals surface area contributed by atoms with Crippen LogP contribution in [0.15, 0.2) is 18.2 Å². The number of hydrogen-bond donors (Lipinski definition) is 2. The number of carbonyl (C=O) groups is 1. The molecule has 104 valence electrons. The summed E-state index contributed by atoms with van der Waals surface area (Å²) in [4.78, 5) is 11.5. The predicted octanol–water partition coefficient (Wildman–Crippen LogP) is 1.23. The van der Waals surface area contributed by atoms with Crippen molar-refractivity contribution in [2.45, 2.75) is 18.6 Å². The monoisotopic (exact) mass is 276 g/mol. The molecular weight excluding hydrogens is 265 g/mol. The molecule has 0 spiro atoms. The number of nitrogens with two attached hydrogens (primary N) is 1. The first kappa shape index (κ1) is 13.6. The summed E-state index contributed by atoms with van der Waals surface area (Å²) < 4.78 is 41.0. The number of hydroxylamine groups is 1. The van der Waals surface area contributed by atoms with Gasteiger partial charge in [-0.25, -0.2) is 0 Å². The second-order valence-electron chi connectivity index (χ2n) is 4.13. The molecule has 0 unspecified atom stereocenters. The second-order valence-corrected chi connectivity index (χ2v) is 4.13. The predicted molar refractivity (Wildman–Crippen MR) is 58.9 cm³/mol. The normalized spacial score (nSPS) is 19.3. The molecule has 0 aliphatic carbocycles. The molecular formula is C11H11F3N2O3. The fourth-order valence-corrected chi connectivity index (χ4v) is 1.84. The van der Waals surface area contributed by atoms with E-state index in [1.54, 1.807) is 6.07 Å². The first-order chi connectivity index (χ1) is 8.79. The maximum atomic E-state index is 12.1. The van der Waals surface area contributed by atoms with Gasteiger partial charge in [0.05, 0.1) is 6.04 Å². The van der Waals surface area contributed by atoms with E-state index in [4.69, 9.17) is 5.73 Å². The number of hydrogen-bond acceptors (Lipinski definition) is 4. The van der Waals surface area contributed by atoms with Gasteiger partial charge in [0.15, 0.2) is 6.61 Å². The molecule has 19 heavy (non-hydrogen) atoms. The fourth-order valence-electron chi connectivity index (χ4n) is 1.84. The van der Waals surface area contributed by atoms with Crippen LogP contribution in [0.3, 0.4) is 0 Å². The molecule has 1 heterocycles. The zero-order valence-electron chi connectivity index (χ0n) is 9.65. The third-order valence-corrected chi connectivity index (χ3v) is 2.65. The number of alkyl halides is 3. The van der Waals surface area contributed by atoms with E-state index >= 15 is 0 Å². The highest BCUT2D eigenvalue weighted by molar-refractivity contribution is 5.99. The molecule has 0 saturated carbocycles. The van der Waals surface area contributed by atoms with E-state index in [0.29, 0.717) is 5.56 Å². The summed E-state index contributed by atoms with van der Waals surface area (Å²) in [7, 11) is 0. The van der Waals surface area contributed by atoms with Gasteiger partial charge < -0.3 is 10.5 Å². The maximum absolute atomic E-state index is 12.1. The van der Waals surface area contributed by atoms with Crippen molar-refractivity contribution in [3.63, 3.8) is 0 Å². The van der Waals surface area contributed by atoms with Crippen LogP contribution in [0.2, 0.25) is 0 Å². The van der Waals surface area contributed by atoms with E-state index in [1.165, 1.54) is 12.1 Å². The Hall–Kier alpha value is -1.80. The lowest BCUT2D eigenvalue weighted by Gasteiger charge is -2.29. The Morgan fingerprint density at radius 3 is 2.79 bits per heavy atom. The lowest BCUT2D eigenvalue weighted by atomic mass is 9.99. The number of benzene rings is 1. The van der Waals surface area contributed by atoms with Gasteiger partial charge in [0.25, 0.3) is 5.91 Å². The summed E-state index contributed by atoms with van der Waals surface area (Å²) in [6.07, 6.45) is -4.37. The number of fused-ring (bicyclic) bond motifs is 1. The maximum Gasteiger partial charge on any atom is 0.422 e. The number of ether oxygens (including phenoxy) is 1. The molecule has 0 radical (unpaired) electrons. The van der Waals surface area contributed by atoms with Crippen LogP contribution >= 0.6 is 0 Å². The Morgan fingerprint density at radius 2 is 2.16 bits per heavy atom. The molecule has 3 N–H and O–H groups in total. The third-order valence-electron chi connectivity index (χ3n) is 2.65. The third kappa shape index (κ3) is 2.79. The van der Waals surface area contributed by atoms with Crippen molar-refractivity contribution in [1.82, 2.24) is 0 Å². The van der Waals surface area contributed by atoms with Crippen molar-refractivity contribution in [3.8, 4) is 5.75 Å². The van der Waals surface area contributed by atoms with Crippen LogP contribution in [0.5, 0.6) is 5.75 Å². The highest BCUT2D eigenvalue weighted by Crippen LogP contribution is 2.36. The number of carbonyl (C=O) groups excluding carboxylic acids is 1. The number of amides is 1. The molecule has 0 fully saturated rings. The van der Waals surface area contributed by atoms with Crippen molar-refractivity contribution < 1.29 is 27.9 Å². The zero-order valence-corrected chi connectivity index (χ0v) is 9.65. The average molecular weight is 276 g/mol. The summed E-state index contributed by atoms with van der Waals surface area (Å²) >= 11 is 0. The Labute approximate surface area is 106 Å². The Morgan fingerprint density at radius 1 is 1.47 bits per heavy atom. The van der Waals surface area contributed by atoms with Gasteiger partial charge in [-0.15, -0.1) is 0 Å². The first-order valence-electron chi connectivity index (χ1n) is 5.39. The number of rotatable bonds is 2. The van der Waals surface area contributed by atoms with Gasteiger partial charge in [-0.1, -0.05) is 12.1 Å². The molecule has 1 aliphatic rings. The highest BCUT2D eigenvalue weighted by Gasteiger charge is 2.34. The van der Waals surface area contributed by atoms with E-state index in [1.807, 2.05) is 0 Å². The summed E-state index contributed by atoms with van der Waals surface area (Å²) in [5.74, 6) is -0.992. The van der Waals surface area contributed by atoms with Gasteiger partial charge in [0, 0.05) is 0 Å². The Kier molecular flexibility index (Phi) is 3.38.